The number of phenols is 1. The molecule has 2 aliphatic carbocycles. The highest BCUT2D eigenvalue weighted by atomic mass is 19.4. The van der Waals surface area contributed by atoms with Crippen LogP contribution in [0.15, 0.2) is 42.5 Å². The summed E-state index contributed by atoms with van der Waals surface area (Å²) < 4.78 is 45.5. The normalized spacial score (nSPS) is 32.2. The first-order valence-corrected chi connectivity index (χ1v) is 12.5. The van der Waals surface area contributed by atoms with Crippen molar-refractivity contribution in [3.63, 3.8) is 0 Å². The van der Waals surface area contributed by atoms with Gasteiger partial charge in [0.1, 0.15) is 6.10 Å². The fraction of sp³-hybridized carbons (Fsp3) is 0.464. The lowest BCUT2D eigenvalue weighted by Crippen LogP contribution is -2.77. The molecular formula is C28H29F3N2O4. The molecule has 2 aromatic carbocycles. The molecule has 2 bridgehead atoms. The van der Waals surface area contributed by atoms with E-state index in [1.165, 1.54) is 24.3 Å². The third kappa shape index (κ3) is 3.36. The molecule has 1 saturated carbocycles. The number of carbonyl (C=O) groups excluding carboxylic acids is 1. The Bertz CT molecular complexity index is 1310. The van der Waals surface area contributed by atoms with Gasteiger partial charge in [-0.2, -0.15) is 13.2 Å². The van der Waals surface area contributed by atoms with E-state index in [2.05, 4.69) is 4.90 Å². The van der Waals surface area contributed by atoms with Crippen LogP contribution in [0.3, 0.4) is 0 Å². The van der Waals surface area contributed by atoms with E-state index in [0.29, 0.717) is 31.4 Å². The van der Waals surface area contributed by atoms with Crippen molar-refractivity contribution in [3.8, 4) is 11.5 Å². The molecule has 196 valence electrons. The van der Waals surface area contributed by atoms with Crippen molar-refractivity contribution in [1.29, 1.82) is 0 Å². The van der Waals surface area contributed by atoms with Crippen molar-refractivity contribution < 1.29 is 32.9 Å². The molecule has 0 radical (unpaired) electrons. The SMILES string of the molecule is CN(C(=O)/C=C/c1cccc(C(F)(F)F)c1)C1CC2Oc3c(O)ccc4c3[C@@]23CCN(C)[C@H](C4)[C@]3(O)C1. The number of benzene rings is 2. The molecule has 1 saturated heterocycles. The first-order chi connectivity index (χ1) is 17.5. The van der Waals surface area contributed by atoms with E-state index >= 15 is 0 Å². The lowest BCUT2D eigenvalue weighted by atomic mass is 9.48. The van der Waals surface area contributed by atoms with Crippen molar-refractivity contribution in [2.45, 2.75) is 61.1 Å². The van der Waals surface area contributed by atoms with Crippen LogP contribution in [0, 0.1) is 0 Å². The van der Waals surface area contributed by atoms with Gasteiger partial charge in [0.25, 0.3) is 0 Å². The molecule has 2 heterocycles. The van der Waals surface area contributed by atoms with Crippen LogP contribution >= 0.6 is 0 Å². The number of hydrogen-bond acceptors (Lipinski definition) is 5. The lowest BCUT2D eigenvalue weighted by Gasteiger charge is -2.64. The number of nitrogens with zero attached hydrogens (tertiary/aromatic N) is 2. The number of aliphatic hydroxyl groups is 1. The van der Waals surface area contributed by atoms with Gasteiger partial charge in [-0.1, -0.05) is 18.2 Å². The van der Waals surface area contributed by atoms with Gasteiger partial charge >= 0.3 is 6.18 Å². The zero-order valence-corrected chi connectivity index (χ0v) is 20.6. The number of aromatic hydroxyl groups is 1. The minimum atomic E-state index is -4.46. The Morgan fingerprint density at radius 3 is 2.81 bits per heavy atom. The Hall–Kier alpha value is -3.04. The molecule has 37 heavy (non-hydrogen) atoms. The van der Waals surface area contributed by atoms with Crippen LogP contribution in [-0.2, 0) is 22.8 Å². The number of hydrogen-bond donors (Lipinski definition) is 2. The summed E-state index contributed by atoms with van der Waals surface area (Å²) in [7, 11) is 3.65. The largest absolute Gasteiger partial charge is 0.504 e. The molecule has 5 atom stereocenters. The standard InChI is InChI=1S/C28H29F3N2O4/c1-32-11-10-26-22-14-19(33(2)23(35)9-6-16-4-3-5-18(12-16)28(29,30)31)15-27(26,36)21(32)13-17-7-8-20(34)25(37-22)24(17)26/h3-9,12,19,21-22,34,36H,10-11,13-15H2,1-2H3/b9-6+/t19?,21-,22?,26-,27-/m1/s1. The number of rotatable bonds is 3. The third-order valence-electron chi connectivity index (χ3n) is 9.17. The summed E-state index contributed by atoms with van der Waals surface area (Å²) in [6.45, 7) is 0.792. The van der Waals surface area contributed by atoms with Gasteiger partial charge in [0.15, 0.2) is 11.5 Å². The molecule has 6 rings (SSSR count). The second kappa shape index (κ2) is 7.98. The van der Waals surface area contributed by atoms with Gasteiger partial charge in [-0.25, -0.2) is 0 Å². The van der Waals surface area contributed by atoms with Crippen molar-refractivity contribution in [3.05, 3.63) is 64.7 Å². The van der Waals surface area contributed by atoms with Crippen LogP contribution in [0.25, 0.3) is 6.08 Å². The number of halogens is 3. The van der Waals surface area contributed by atoms with E-state index in [4.69, 9.17) is 4.74 Å². The molecule has 4 aliphatic rings. The fourth-order valence-corrected chi connectivity index (χ4v) is 7.33. The maximum absolute atomic E-state index is 13.1. The van der Waals surface area contributed by atoms with E-state index < -0.39 is 28.9 Å². The van der Waals surface area contributed by atoms with E-state index in [1.807, 2.05) is 13.1 Å². The molecule has 0 aromatic heterocycles. The highest BCUT2D eigenvalue weighted by Gasteiger charge is 2.72. The van der Waals surface area contributed by atoms with Gasteiger partial charge in [-0.05, 0) is 68.3 Å². The molecule has 9 heteroatoms. The zero-order valence-electron chi connectivity index (χ0n) is 20.6. The highest BCUT2D eigenvalue weighted by Crippen LogP contribution is 2.65. The summed E-state index contributed by atoms with van der Waals surface area (Å²) in [4.78, 5) is 16.8. The summed E-state index contributed by atoms with van der Waals surface area (Å²) in [5.74, 6) is 0.144. The average Bonchev–Trinajstić information content (AvgIpc) is 3.19. The Morgan fingerprint density at radius 1 is 1.27 bits per heavy atom. The Kier molecular flexibility index (Phi) is 5.24. The van der Waals surface area contributed by atoms with Crippen molar-refractivity contribution in [2.24, 2.45) is 0 Å². The van der Waals surface area contributed by atoms with E-state index in [0.717, 1.165) is 29.8 Å². The average molecular weight is 515 g/mol. The fourth-order valence-electron chi connectivity index (χ4n) is 7.33. The summed E-state index contributed by atoms with van der Waals surface area (Å²) in [6, 6.07) is 7.87. The van der Waals surface area contributed by atoms with Crippen molar-refractivity contribution in [1.82, 2.24) is 9.80 Å². The quantitative estimate of drug-likeness (QED) is 0.611. The maximum Gasteiger partial charge on any atom is 0.416 e. The first kappa shape index (κ1) is 24.3. The van der Waals surface area contributed by atoms with Gasteiger partial charge in [-0.3, -0.25) is 4.79 Å². The predicted molar refractivity (Wildman–Crippen MR) is 130 cm³/mol. The van der Waals surface area contributed by atoms with Gasteiger partial charge in [0, 0.05) is 37.2 Å². The lowest BCUT2D eigenvalue weighted by molar-refractivity contribution is -0.194. The highest BCUT2D eigenvalue weighted by molar-refractivity contribution is 5.92. The number of alkyl halides is 3. The number of likely N-dealkylation sites (tertiary alicyclic amines) is 1. The second-order valence-electron chi connectivity index (χ2n) is 10.9. The number of phenolic OH excluding ortho intramolecular Hbond substituents is 1. The number of carbonyl (C=O) groups is 1. The summed E-state index contributed by atoms with van der Waals surface area (Å²) >= 11 is 0. The van der Waals surface area contributed by atoms with Crippen LogP contribution in [0.5, 0.6) is 11.5 Å². The molecule has 2 fully saturated rings. The topological polar surface area (TPSA) is 73.2 Å². The van der Waals surface area contributed by atoms with E-state index in [9.17, 15) is 28.2 Å². The predicted octanol–water partition coefficient (Wildman–Crippen LogP) is 3.74. The van der Waals surface area contributed by atoms with Crippen LogP contribution in [0.2, 0.25) is 0 Å². The van der Waals surface area contributed by atoms with Crippen LogP contribution < -0.4 is 4.74 Å². The molecule has 2 aliphatic heterocycles. The minimum Gasteiger partial charge on any atom is -0.504 e. The summed E-state index contributed by atoms with van der Waals surface area (Å²) in [5.41, 5.74) is -0.314. The smallest absolute Gasteiger partial charge is 0.416 e. The van der Waals surface area contributed by atoms with Gasteiger partial charge in [0.05, 0.1) is 16.6 Å². The third-order valence-corrected chi connectivity index (χ3v) is 9.17. The molecule has 1 amide bonds. The van der Waals surface area contributed by atoms with E-state index in [1.54, 1.807) is 18.0 Å². The van der Waals surface area contributed by atoms with Crippen LogP contribution in [0.1, 0.15) is 41.5 Å². The Labute approximate surface area is 212 Å². The van der Waals surface area contributed by atoms with Gasteiger partial charge in [-0.15, -0.1) is 0 Å². The first-order valence-electron chi connectivity index (χ1n) is 12.5. The molecule has 1 spiro atoms. The second-order valence-corrected chi connectivity index (χ2v) is 10.9. The number of piperidine rings is 1. The monoisotopic (exact) mass is 514 g/mol. The van der Waals surface area contributed by atoms with Crippen LogP contribution in [-0.4, -0.2) is 70.3 Å². The Morgan fingerprint density at radius 2 is 2.05 bits per heavy atom. The van der Waals surface area contributed by atoms with Crippen molar-refractivity contribution >= 4 is 12.0 Å². The summed E-state index contributed by atoms with van der Waals surface area (Å²) in [5, 5.41) is 23.0. The van der Waals surface area contributed by atoms with Crippen molar-refractivity contribution in [2.75, 3.05) is 20.6 Å². The molecule has 2 N–H and O–H groups in total. The number of amides is 1. The minimum absolute atomic E-state index is 0.0623. The van der Waals surface area contributed by atoms with E-state index in [-0.39, 0.29) is 29.3 Å². The summed E-state index contributed by atoms with van der Waals surface area (Å²) in [6.07, 6.45) is -0.0950. The zero-order chi connectivity index (χ0) is 26.3. The maximum atomic E-state index is 13.1. The Balaban J connectivity index is 1.30. The molecule has 2 aromatic rings. The molecular weight excluding hydrogens is 485 g/mol. The molecule has 6 nitrogen and oxygen atoms in total. The van der Waals surface area contributed by atoms with Gasteiger partial charge in [0.2, 0.25) is 5.91 Å². The number of likely N-dealkylation sites (N-methyl/N-ethyl adjacent to an activating group) is 2. The molecule has 2 unspecified atom stereocenters. The number of ether oxygens (including phenoxy) is 1. The van der Waals surface area contributed by atoms with Gasteiger partial charge < -0.3 is 24.7 Å². The van der Waals surface area contributed by atoms with Crippen LogP contribution in [0.4, 0.5) is 13.2 Å².